The highest BCUT2D eigenvalue weighted by Crippen LogP contribution is 2.44. The number of carbonyl (C=O) groups is 1. The molecule has 1 aromatic heterocycles. The number of nitrogens with zero attached hydrogens (tertiary/aromatic N) is 4. The maximum Gasteiger partial charge on any atom is 0.433 e. The molecule has 4 unspecified atom stereocenters. The van der Waals surface area contributed by atoms with Gasteiger partial charge in [-0.2, -0.15) is 13.2 Å². The second-order valence-electron chi connectivity index (χ2n) is 8.53. The van der Waals surface area contributed by atoms with E-state index in [4.69, 9.17) is 0 Å². The third-order valence-corrected chi connectivity index (χ3v) is 7.48. The van der Waals surface area contributed by atoms with Crippen molar-refractivity contribution in [1.82, 2.24) is 14.9 Å². The average molecular weight is 467 g/mol. The minimum absolute atomic E-state index is 0.120. The lowest BCUT2D eigenvalue weighted by Gasteiger charge is -2.39. The molecule has 3 aliphatic rings. The highest BCUT2D eigenvalue weighted by atomic mass is 32.2. The predicted molar refractivity (Wildman–Crippen MR) is 116 cm³/mol. The molecule has 1 aromatic rings. The lowest BCUT2D eigenvalue weighted by Crippen LogP contribution is -2.38. The molecule has 2 heterocycles. The number of aliphatic imine (C=N–C) groups is 1. The first-order valence-electron chi connectivity index (χ1n) is 10.7. The number of rotatable bonds is 4. The van der Waals surface area contributed by atoms with Gasteiger partial charge in [-0.05, 0) is 61.5 Å². The van der Waals surface area contributed by atoms with Gasteiger partial charge in [0.15, 0.2) is 0 Å². The van der Waals surface area contributed by atoms with Gasteiger partial charge in [0, 0.05) is 23.8 Å². The zero-order chi connectivity index (χ0) is 22.9. The number of aliphatic carboxylic acids is 1. The van der Waals surface area contributed by atoms with Crippen molar-refractivity contribution in [1.29, 1.82) is 0 Å². The van der Waals surface area contributed by atoms with Gasteiger partial charge in [-0.15, -0.1) is 11.8 Å². The molecule has 32 heavy (non-hydrogen) atoms. The Kier molecular flexibility index (Phi) is 6.60. The minimum Gasteiger partial charge on any atom is -0.481 e. The summed E-state index contributed by atoms with van der Waals surface area (Å²) < 4.78 is 38.9. The molecule has 0 amide bonds. The van der Waals surface area contributed by atoms with Crippen LogP contribution in [0.2, 0.25) is 0 Å². The summed E-state index contributed by atoms with van der Waals surface area (Å²) in [7, 11) is 0. The number of carboxylic acids is 1. The second kappa shape index (κ2) is 9.25. The number of allylic oxidation sites excluding steroid dienone is 2. The largest absolute Gasteiger partial charge is 0.481 e. The summed E-state index contributed by atoms with van der Waals surface area (Å²) in [6.45, 7) is 2.12. The van der Waals surface area contributed by atoms with Crippen molar-refractivity contribution >= 4 is 29.4 Å². The molecule has 2 aliphatic carbocycles. The molecule has 0 bridgehead atoms. The van der Waals surface area contributed by atoms with Crippen molar-refractivity contribution in [2.24, 2.45) is 22.7 Å². The van der Waals surface area contributed by atoms with E-state index in [0.717, 1.165) is 43.6 Å². The first-order chi connectivity index (χ1) is 15.2. The minimum atomic E-state index is -4.54. The van der Waals surface area contributed by atoms with E-state index in [1.54, 1.807) is 11.8 Å². The van der Waals surface area contributed by atoms with Crippen molar-refractivity contribution in [3.8, 4) is 0 Å². The van der Waals surface area contributed by atoms with Crippen molar-refractivity contribution < 1.29 is 23.1 Å². The van der Waals surface area contributed by atoms with Gasteiger partial charge < -0.3 is 10.0 Å². The summed E-state index contributed by atoms with van der Waals surface area (Å²) in [6, 6.07) is 0.833. The molecule has 1 saturated carbocycles. The van der Waals surface area contributed by atoms with Gasteiger partial charge in [-0.1, -0.05) is 13.3 Å². The summed E-state index contributed by atoms with van der Waals surface area (Å²) >= 11 is 1.70. The van der Waals surface area contributed by atoms with Crippen LogP contribution >= 0.6 is 11.8 Å². The van der Waals surface area contributed by atoms with Gasteiger partial charge in [-0.3, -0.25) is 4.79 Å². The first-order valence-corrected chi connectivity index (χ1v) is 11.7. The van der Waals surface area contributed by atoms with E-state index in [0.29, 0.717) is 18.6 Å². The highest BCUT2D eigenvalue weighted by molar-refractivity contribution is 8.02. The van der Waals surface area contributed by atoms with E-state index in [1.807, 2.05) is 17.7 Å². The Labute approximate surface area is 188 Å². The Morgan fingerprint density at radius 3 is 2.88 bits per heavy atom. The predicted octanol–water partition coefficient (Wildman–Crippen LogP) is 5.62. The van der Waals surface area contributed by atoms with Crippen LogP contribution in [0, 0.1) is 17.8 Å². The summed E-state index contributed by atoms with van der Waals surface area (Å²) in [6.07, 6.45) is 5.19. The van der Waals surface area contributed by atoms with E-state index < -0.39 is 17.8 Å². The summed E-state index contributed by atoms with van der Waals surface area (Å²) in [5.74, 6) is -0.713. The van der Waals surface area contributed by atoms with E-state index in [9.17, 15) is 23.1 Å². The van der Waals surface area contributed by atoms with Crippen LogP contribution in [0.5, 0.6) is 0 Å². The SMILES string of the molecule is CC1CCC(=Nc2nccc(C(F)(F)F)n2)C=C1N1C=CSC1C1CCCC(C(=O)O)C1. The molecule has 1 fully saturated rings. The Morgan fingerprint density at radius 2 is 2.12 bits per heavy atom. The van der Waals surface area contributed by atoms with Crippen LogP contribution in [-0.4, -0.2) is 37.0 Å². The third-order valence-electron chi connectivity index (χ3n) is 6.31. The zero-order valence-corrected chi connectivity index (χ0v) is 18.4. The molecule has 10 heteroatoms. The molecule has 0 spiro atoms. The van der Waals surface area contributed by atoms with Gasteiger partial charge >= 0.3 is 12.1 Å². The smallest absolute Gasteiger partial charge is 0.433 e. The molecule has 4 rings (SSSR count). The molecule has 1 N–H and O–H groups in total. The summed E-state index contributed by atoms with van der Waals surface area (Å²) in [4.78, 5) is 25.5. The molecule has 172 valence electrons. The van der Waals surface area contributed by atoms with Crippen LogP contribution < -0.4 is 0 Å². The maximum absolute atomic E-state index is 13.0. The first kappa shape index (κ1) is 22.8. The number of carboxylic acid groups (broad SMARTS) is 1. The number of alkyl halides is 3. The van der Waals surface area contributed by atoms with E-state index in [-0.39, 0.29) is 29.1 Å². The van der Waals surface area contributed by atoms with Gasteiger partial charge in [0.05, 0.1) is 11.3 Å². The van der Waals surface area contributed by atoms with Gasteiger partial charge in [-0.25, -0.2) is 15.0 Å². The van der Waals surface area contributed by atoms with E-state index in [2.05, 4.69) is 26.8 Å². The molecule has 0 radical (unpaired) electrons. The van der Waals surface area contributed by atoms with Gasteiger partial charge in [0.1, 0.15) is 5.69 Å². The van der Waals surface area contributed by atoms with Crippen LogP contribution in [-0.2, 0) is 11.0 Å². The monoisotopic (exact) mass is 466 g/mol. The third kappa shape index (κ3) is 5.00. The number of hydrogen-bond donors (Lipinski definition) is 1. The van der Waals surface area contributed by atoms with Gasteiger partial charge in [0.2, 0.25) is 5.95 Å². The topological polar surface area (TPSA) is 78.7 Å². The fraction of sp³-hybridized carbons (Fsp3) is 0.545. The molecule has 0 saturated heterocycles. The molecular formula is C22H25F3N4O2S. The maximum atomic E-state index is 13.0. The molecule has 1 aliphatic heterocycles. The fourth-order valence-electron chi connectivity index (χ4n) is 4.62. The summed E-state index contributed by atoms with van der Waals surface area (Å²) in [5, 5.41) is 11.6. The highest BCUT2D eigenvalue weighted by Gasteiger charge is 2.38. The standard InChI is InChI=1S/C22H25F3N4O2S/c1-13-5-6-16(27-21-26-8-7-18(28-21)22(23,24)25)12-17(13)29-9-10-32-19(29)14-3-2-4-15(11-14)20(30)31/h7-10,12-15,19H,2-6,11H2,1H3,(H,30,31). The Morgan fingerprint density at radius 1 is 1.31 bits per heavy atom. The molecule has 4 atom stereocenters. The lowest BCUT2D eigenvalue weighted by molar-refractivity contribution is -0.143. The van der Waals surface area contributed by atoms with Crippen LogP contribution in [0.4, 0.5) is 19.1 Å². The fourth-order valence-corrected chi connectivity index (χ4v) is 5.77. The lowest BCUT2D eigenvalue weighted by atomic mass is 9.80. The number of hydrogen-bond acceptors (Lipinski definition) is 6. The Bertz CT molecular complexity index is 963. The van der Waals surface area contributed by atoms with Gasteiger partial charge in [0.25, 0.3) is 0 Å². The Hall–Kier alpha value is -2.36. The van der Waals surface area contributed by atoms with E-state index in [1.165, 1.54) is 0 Å². The van der Waals surface area contributed by atoms with Crippen LogP contribution in [0.3, 0.4) is 0 Å². The van der Waals surface area contributed by atoms with Crippen molar-refractivity contribution in [2.75, 3.05) is 0 Å². The number of aromatic nitrogens is 2. The second-order valence-corrected chi connectivity index (χ2v) is 9.56. The van der Waals surface area contributed by atoms with Crippen molar-refractivity contribution in [2.45, 2.75) is 57.0 Å². The number of halogens is 3. The number of thioether (sulfide) groups is 1. The van der Waals surface area contributed by atoms with E-state index >= 15 is 0 Å². The van der Waals surface area contributed by atoms with Crippen molar-refractivity contribution in [3.05, 3.63) is 41.3 Å². The van der Waals surface area contributed by atoms with Crippen LogP contribution in [0.1, 0.15) is 51.1 Å². The van der Waals surface area contributed by atoms with Crippen LogP contribution in [0.25, 0.3) is 0 Å². The molecular weight excluding hydrogens is 441 g/mol. The Balaban J connectivity index is 1.57. The van der Waals surface area contributed by atoms with Crippen molar-refractivity contribution in [3.63, 3.8) is 0 Å². The van der Waals surface area contributed by atoms with Crippen LogP contribution in [0.15, 0.2) is 40.6 Å². The normalized spacial score (nSPS) is 29.9. The molecule has 6 nitrogen and oxygen atoms in total. The quantitative estimate of drug-likeness (QED) is 0.621. The summed E-state index contributed by atoms with van der Waals surface area (Å²) in [5.41, 5.74) is 0.684. The zero-order valence-electron chi connectivity index (χ0n) is 17.6. The average Bonchev–Trinajstić information content (AvgIpc) is 3.24. The molecule has 0 aromatic carbocycles.